The normalized spacial score (nSPS) is 17.5. The molecule has 1 aliphatic heterocycles. The van der Waals surface area contributed by atoms with Crippen molar-refractivity contribution in [1.29, 1.82) is 0 Å². The van der Waals surface area contributed by atoms with Crippen LogP contribution in [0.5, 0.6) is 0 Å². The average Bonchev–Trinajstić information content (AvgIpc) is 2.94. The van der Waals surface area contributed by atoms with Crippen LogP contribution in [0.2, 0.25) is 0 Å². The van der Waals surface area contributed by atoms with Crippen LogP contribution in [0.3, 0.4) is 0 Å². The van der Waals surface area contributed by atoms with Crippen molar-refractivity contribution in [1.82, 2.24) is 15.1 Å². The highest BCUT2D eigenvalue weighted by atomic mass is 16.3. The van der Waals surface area contributed by atoms with E-state index in [1.165, 1.54) is 6.26 Å². The van der Waals surface area contributed by atoms with E-state index in [4.69, 9.17) is 4.42 Å². The fourth-order valence-corrected chi connectivity index (χ4v) is 2.23. The van der Waals surface area contributed by atoms with E-state index >= 15 is 0 Å². The fraction of sp³-hybridized carbons (Fsp3) is 0.643. The van der Waals surface area contributed by atoms with Crippen molar-refractivity contribution in [3.63, 3.8) is 0 Å². The molecule has 5 nitrogen and oxygen atoms in total. The molecule has 0 spiro atoms. The molecule has 1 saturated heterocycles. The molecular weight excluding hydrogens is 242 g/mol. The first-order valence-corrected chi connectivity index (χ1v) is 6.98. The number of likely N-dealkylation sites (N-methyl/N-ethyl adjacent to an activating group) is 1. The van der Waals surface area contributed by atoms with Crippen molar-refractivity contribution >= 4 is 5.91 Å². The Morgan fingerprint density at radius 2 is 2.11 bits per heavy atom. The molecule has 106 valence electrons. The van der Waals surface area contributed by atoms with Crippen LogP contribution in [0.1, 0.15) is 23.4 Å². The lowest BCUT2D eigenvalue weighted by Gasteiger charge is -2.32. The lowest BCUT2D eigenvalue weighted by Crippen LogP contribution is -2.44. The van der Waals surface area contributed by atoms with E-state index in [-0.39, 0.29) is 5.91 Å². The Bertz CT molecular complexity index is 370. The smallest absolute Gasteiger partial charge is 0.286 e. The molecule has 5 heteroatoms. The van der Waals surface area contributed by atoms with E-state index in [1.54, 1.807) is 12.1 Å². The molecule has 0 atom stereocenters. The van der Waals surface area contributed by atoms with Crippen LogP contribution < -0.4 is 5.32 Å². The predicted octanol–water partition coefficient (Wildman–Crippen LogP) is 1.04. The second-order valence-electron chi connectivity index (χ2n) is 5.09. The minimum absolute atomic E-state index is 0.121. The van der Waals surface area contributed by atoms with Gasteiger partial charge in [-0.3, -0.25) is 4.79 Å². The van der Waals surface area contributed by atoms with E-state index < -0.39 is 0 Å². The number of nitrogens with one attached hydrogen (secondary N) is 1. The molecule has 0 bridgehead atoms. The Balaban J connectivity index is 1.51. The van der Waals surface area contributed by atoms with Gasteiger partial charge in [-0.2, -0.15) is 0 Å². The number of carbonyl (C=O) groups excluding carboxylic acids is 1. The largest absolute Gasteiger partial charge is 0.459 e. The summed E-state index contributed by atoms with van der Waals surface area (Å²) >= 11 is 0. The maximum atomic E-state index is 11.6. The maximum Gasteiger partial charge on any atom is 0.286 e. The first kappa shape index (κ1) is 14.1. The summed E-state index contributed by atoms with van der Waals surface area (Å²) in [5.41, 5.74) is 0. The van der Waals surface area contributed by atoms with Crippen LogP contribution in [0.25, 0.3) is 0 Å². The van der Waals surface area contributed by atoms with E-state index in [1.807, 2.05) is 0 Å². The molecule has 0 aliphatic carbocycles. The number of nitrogens with zero attached hydrogens (tertiary/aromatic N) is 2. The van der Waals surface area contributed by atoms with Gasteiger partial charge < -0.3 is 19.5 Å². The zero-order valence-corrected chi connectivity index (χ0v) is 11.6. The summed E-state index contributed by atoms with van der Waals surface area (Å²) in [4.78, 5) is 16.4. The van der Waals surface area contributed by atoms with Gasteiger partial charge in [0.2, 0.25) is 0 Å². The van der Waals surface area contributed by atoms with Crippen LogP contribution in [-0.4, -0.2) is 62.0 Å². The molecule has 2 heterocycles. The highest BCUT2D eigenvalue weighted by Gasteiger charge is 2.12. The number of hydrogen-bond acceptors (Lipinski definition) is 4. The van der Waals surface area contributed by atoms with Gasteiger partial charge in [-0.25, -0.2) is 0 Å². The standard InChI is InChI=1S/C14H23N3O2/c1-16-8-10-17(11-9-16)7-3-2-6-15-14(18)13-5-4-12-19-13/h4-5,12H,2-3,6-11H2,1H3,(H,15,18). The first-order chi connectivity index (χ1) is 9.25. The van der Waals surface area contributed by atoms with Crippen LogP contribution in [0, 0.1) is 0 Å². The average molecular weight is 265 g/mol. The molecule has 0 radical (unpaired) electrons. The Morgan fingerprint density at radius 1 is 1.32 bits per heavy atom. The van der Waals surface area contributed by atoms with Gasteiger partial charge in [0.15, 0.2) is 5.76 Å². The summed E-state index contributed by atoms with van der Waals surface area (Å²) in [5.74, 6) is 0.267. The number of piperazine rings is 1. The fourth-order valence-electron chi connectivity index (χ4n) is 2.23. The number of carbonyl (C=O) groups is 1. The molecule has 1 aromatic heterocycles. The zero-order valence-electron chi connectivity index (χ0n) is 11.6. The third kappa shape index (κ3) is 4.69. The molecule has 1 N–H and O–H groups in total. The van der Waals surface area contributed by atoms with Crippen LogP contribution in [0.15, 0.2) is 22.8 Å². The second-order valence-corrected chi connectivity index (χ2v) is 5.09. The monoisotopic (exact) mass is 265 g/mol. The molecule has 1 amide bonds. The summed E-state index contributed by atoms with van der Waals surface area (Å²) < 4.78 is 5.03. The molecule has 0 unspecified atom stereocenters. The van der Waals surface area contributed by atoms with Crippen LogP contribution >= 0.6 is 0 Å². The van der Waals surface area contributed by atoms with Crippen molar-refractivity contribution in [2.24, 2.45) is 0 Å². The van der Waals surface area contributed by atoms with Gasteiger partial charge in [0.25, 0.3) is 5.91 Å². The summed E-state index contributed by atoms with van der Waals surface area (Å²) in [6, 6.07) is 3.40. The van der Waals surface area contributed by atoms with Gasteiger partial charge in [-0.1, -0.05) is 0 Å². The van der Waals surface area contributed by atoms with Gasteiger partial charge in [0.1, 0.15) is 0 Å². The first-order valence-electron chi connectivity index (χ1n) is 6.98. The van der Waals surface area contributed by atoms with E-state index in [0.29, 0.717) is 12.3 Å². The number of hydrogen-bond donors (Lipinski definition) is 1. The van der Waals surface area contributed by atoms with Gasteiger partial charge >= 0.3 is 0 Å². The summed E-state index contributed by atoms with van der Waals surface area (Å²) in [6.45, 7) is 6.49. The molecule has 0 saturated carbocycles. The maximum absolute atomic E-state index is 11.6. The molecule has 2 rings (SSSR count). The van der Waals surface area contributed by atoms with Crippen molar-refractivity contribution in [2.75, 3.05) is 46.3 Å². The number of amides is 1. The highest BCUT2D eigenvalue weighted by Crippen LogP contribution is 2.02. The summed E-state index contributed by atoms with van der Waals surface area (Å²) in [5, 5.41) is 2.87. The van der Waals surface area contributed by atoms with E-state index in [0.717, 1.165) is 45.6 Å². The molecule has 0 aromatic carbocycles. The number of rotatable bonds is 6. The number of furan rings is 1. The lowest BCUT2D eigenvalue weighted by atomic mass is 10.2. The molecule has 19 heavy (non-hydrogen) atoms. The van der Waals surface area contributed by atoms with Crippen LogP contribution in [-0.2, 0) is 0 Å². The van der Waals surface area contributed by atoms with Gasteiger partial charge in [0.05, 0.1) is 6.26 Å². The zero-order chi connectivity index (χ0) is 13.5. The second kappa shape index (κ2) is 7.31. The Labute approximate surface area is 114 Å². The van der Waals surface area contributed by atoms with Gasteiger partial charge in [-0.05, 0) is 38.6 Å². The van der Waals surface area contributed by atoms with Crippen molar-refractivity contribution in [3.8, 4) is 0 Å². The summed E-state index contributed by atoms with van der Waals surface area (Å²) in [6.07, 6.45) is 3.66. The van der Waals surface area contributed by atoms with E-state index in [9.17, 15) is 4.79 Å². The van der Waals surface area contributed by atoms with Gasteiger partial charge in [0, 0.05) is 32.7 Å². The SMILES string of the molecule is CN1CCN(CCCCNC(=O)c2ccco2)CC1. The van der Waals surface area contributed by atoms with E-state index in [2.05, 4.69) is 22.2 Å². The Hall–Kier alpha value is -1.33. The summed E-state index contributed by atoms with van der Waals surface area (Å²) in [7, 11) is 2.17. The van der Waals surface area contributed by atoms with Crippen molar-refractivity contribution < 1.29 is 9.21 Å². The molecule has 1 aliphatic rings. The highest BCUT2D eigenvalue weighted by molar-refractivity contribution is 5.91. The molecule has 1 fully saturated rings. The minimum Gasteiger partial charge on any atom is -0.459 e. The van der Waals surface area contributed by atoms with Crippen molar-refractivity contribution in [2.45, 2.75) is 12.8 Å². The van der Waals surface area contributed by atoms with Gasteiger partial charge in [-0.15, -0.1) is 0 Å². The third-order valence-corrected chi connectivity index (χ3v) is 3.53. The third-order valence-electron chi connectivity index (χ3n) is 3.53. The molecular formula is C14H23N3O2. The quantitative estimate of drug-likeness (QED) is 0.781. The Kier molecular flexibility index (Phi) is 5.42. The Morgan fingerprint density at radius 3 is 2.79 bits per heavy atom. The van der Waals surface area contributed by atoms with Crippen LogP contribution in [0.4, 0.5) is 0 Å². The topological polar surface area (TPSA) is 48.7 Å². The van der Waals surface area contributed by atoms with Crippen molar-refractivity contribution in [3.05, 3.63) is 24.2 Å². The number of unbranched alkanes of at least 4 members (excludes halogenated alkanes) is 1. The lowest BCUT2D eigenvalue weighted by molar-refractivity contribution is 0.0924. The minimum atomic E-state index is -0.121. The predicted molar refractivity (Wildman–Crippen MR) is 74.2 cm³/mol. The molecule has 1 aromatic rings.